The fraction of sp³-hybridized carbons (Fsp3) is 0.333. The average molecular weight is 356 g/mol. The third-order valence-electron chi connectivity index (χ3n) is 2.53. The Morgan fingerprint density at radius 1 is 1.19 bits per heavy atom. The molecule has 0 saturated carbocycles. The van der Waals surface area contributed by atoms with Gasteiger partial charge in [0, 0.05) is 16.4 Å². The predicted molar refractivity (Wildman–Crippen MR) is 83.9 cm³/mol. The Kier molecular flexibility index (Phi) is 6.94. The van der Waals surface area contributed by atoms with Crippen molar-refractivity contribution in [2.24, 2.45) is 0 Å². The van der Waals surface area contributed by atoms with Gasteiger partial charge in [-0.05, 0) is 44.5 Å². The Bertz CT molecular complexity index is 535. The van der Waals surface area contributed by atoms with E-state index in [0.717, 1.165) is 15.7 Å². The second kappa shape index (κ2) is 8.46. The number of carbonyl (C=O) groups excluding carboxylic acids is 2. The van der Waals surface area contributed by atoms with Gasteiger partial charge in [-0.3, -0.25) is 0 Å². The Morgan fingerprint density at radius 3 is 2.24 bits per heavy atom. The SMILES string of the molecule is CCOC(=O)C(=CNc1ccc(Br)c(C)c1)C(=O)OCC. The molecule has 6 heteroatoms. The summed E-state index contributed by atoms with van der Waals surface area (Å²) in [4.78, 5) is 23.5. The monoisotopic (exact) mass is 355 g/mol. The molecule has 0 aliphatic heterocycles. The molecule has 0 aliphatic carbocycles. The number of benzene rings is 1. The third-order valence-corrected chi connectivity index (χ3v) is 3.42. The first kappa shape index (κ1) is 17.2. The zero-order valence-electron chi connectivity index (χ0n) is 12.2. The molecule has 0 aromatic heterocycles. The van der Waals surface area contributed by atoms with Gasteiger partial charge in [0.25, 0.3) is 0 Å². The molecule has 5 nitrogen and oxygen atoms in total. The molecule has 114 valence electrons. The van der Waals surface area contributed by atoms with E-state index in [1.807, 2.05) is 25.1 Å². The summed E-state index contributed by atoms with van der Waals surface area (Å²) in [5.41, 5.74) is 1.61. The molecular formula is C15H18BrNO4. The molecule has 0 saturated heterocycles. The molecule has 0 spiro atoms. The van der Waals surface area contributed by atoms with Crippen LogP contribution in [0.25, 0.3) is 0 Å². The largest absolute Gasteiger partial charge is 0.462 e. The standard InChI is InChI=1S/C15H18BrNO4/c1-4-20-14(18)12(15(19)21-5-2)9-17-11-6-7-13(16)10(3)8-11/h6-9,17H,4-5H2,1-3H3. The van der Waals surface area contributed by atoms with Gasteiger partial charge in [0.05, 0.1) is 13.2 Å². The minimum absolute atomic E-state index is 0.167. The van der Waals surface area contributed by atoms with Crippen LogP contribution >= 0.6 is 15.9 Å². The van der Waals surface area contributed by atoms with Crippen LogP contribution in [-0.2, 0) is 19.1 Å². The van der Waals surface area contributed by atoms with Crippen molar-refractivity contribution >= 4 is 33.6 Å². The van der Waals surface area contributed by atoms with E-state index in [1.165, 1.54) is 6.20 Å². The Balaban J connectivity index is 2.93. The third kappa shape index (κ3) is 5.23. The fourth-order valence-corrected chi connectivity index (χ4v) is 1.76. The predicted octanol–water partition coefficient (Wildman–Crippen LogP) is 3.18. The molecule has 0 atom stereocenters. The summed E-state index contributed by atoms with van der Waals surface area (Å²) in [6.07, 6.45) is 1.30. The van der Waals surface area contributed by atoms with Crippen LogP contribution in [0.3, 0.4) is 0 Å². The quantitative estimate of drug-likeness (QED) is 0.367. The van der Waals surface area contributed by atoms with Crippen LogP contribution in [-0.4, -0.2) is 25.2 Å². The minimum atomic E-state index is -0.711. The number of hydrogen-bond acceptors (Lipinski definition) is 5. The molecule has 1 rings (SSSR count). The lowest BCUT2D eigenvalue weighted by atomic mass is 10.2. The minimum Gasteiger partial charge on any atom is -0.462 e. The van der Waals surface area contributed by atoms with Crippen molar-refractivity contribution in [2.45, 2.75) is 20.8 Å². The first-order chi connectivity index (χ1) is 9.99. The molecule has 0 aliphatic rings. The summed E-state index contributed by atoms with van der Waals surface area (Å²) < 4.78 is 10.7. The molecule has 1 aromatic carbocycles. The van der Waals surface area contributed by atoms with Gasteiger partial charge in [0.15, 0.2) is 5.57 Å². The summed E-state index contributed by atoms with van der Waals surface area (Å²) >= 11 is 3.41. The van der Waals surface area contributed by atoms with Gasteiger partial charge in [0.2, 0.25) is 0 Å². The number of nitrogens with one attached hydrogen (secondary N) is 1. The van der Waals surface area contributed by atoms with Crippen molar-refractivity contribution in [1.82, 2.24) is 0 Å². The van der Waals surface area contributed by atoms with Crippen LogP contribution in [0.4, 0.5) is 5.69 Å². The Hall–Kier alpha value is -1.82. The van der Waals surface area contributed by atoms with Crippen LogP contribution in [0.5, 0.6) is 0 Å². The smallest absolute Gasteiger partial charge is 0.347 e. The maximum absolute atomic E-state index is 11.8. The number of carbonyl (C=O) groups is 2. The highest BCUT2D eigenvalue weighted by molar-refractivity contribution is 9.10. The molecule has 21 heavy (non-hydrogen) atoms. The first-order valence-corrected chi connectivity index (χ1v) is 7.36. The van der Waals surface area contributed by atoms with Crippen molar-refractivity contribution < 1.29 is 19.1 Å². The zero-order chi connectivity index (χ0) is 15.8. The van der Waals surface area contributed by atoms with Gasteiger partial charge < -0.3 is 14.8 Å². The van der Waals surface area contributed by atoms with Crippen molar-refractivity contribution in [1.29, 1.82) is 0 Å². The Labute approximate surface area is 132 Å². The van der Waals surface area contributed by atoms with Gasteiger partial charge in [-0.25, -0.2) is 9.59 Å². The fourth-order valence-electron chi connectivity index (χ4n) is 1.51. The summed E-state index contributed by atoms with van der Waals surface area (Å²) in [6.45, 7) is 5.66. The number of anilines is 1. The molecule has 0 amide bonds. The molecule has 0 fully saturated rings. The first-order valence-electron chi connectivity index (χ1n) is 6.56. The van der Waals surface area contributed by atoms with E-state index >= 15 is 0 Å². The van der Waals surface area contributed by atoms with Gasteiger partial charge >= 0.3 is 11.9 Å². The van der Waals surface area contributed by atoms with E-state index in [9.17, 15) is 9.59 Å². The Morgan fingerprint density at radius 2 is 1.76 bits per heavy atom. The second-order valence-corrected chi connectivity index (χ2v) is 4.96. The summed E-state index contributed by atoms with van der Waals surface area (Å²) in [6, 6.07) is 5.58. The summed E-state index contributed by atoms with van der Waals surface area (Å²) in [7, 11) is 0. The highest BCUT2D eigenvalue weighted by Crippen LogP contribution is 2.20. The molecule has 0 unspecified atom stereocenters. The zero-order valence-corrected chi connectivity index (χ0v) is 13.8. The lowest BCUT2D eigenvalue weighted by molar-refractivity contribution is -0.146. The topological polar surface area (TPSA) is 64.6 Å². The molecule has 0 heterocycles. The van der Waals surface area contributed by atoms with Crippen molar-refractivity contribution in [2.75, 3.05) is 18.5 Å². The molecular weight excluding hydrogens is 338 g/mol. The molecule has 0 bridgehead atoms. The number of esters is 2. The summed E-state index contributed by atoms with van der Waals surface area (Å²) in [5.74, 6) is -1.42. The lowest BCUT2D eigenvalue weighted by Gasteiger charge is -2.08. The van der Waals surface area contributed by atoms with E-state index < -0.39 is 11.9 Å². The molecule has 1 N–H and O–H groups in total. The number of ether oxygens (including phenoxy) is 2. The number of halogens is 1. The molecule has 0 radical (unpaired) electrons. The van der Waals surface area contributed by atoms with Crippen LogP contribution in [0.2, 0.25) is 0 Å². The van der Waals surface area contributed by atoms with Gasteiger partial charge in [-0.1, -0.05) is 15.9 Å². The maximum Gasteiger partial charge on any atom is 0.347 e. The molecule has 1 aromatic rings. The normalized spacial score (nSPS) is 9.71. The van der Waals surface area contributed by atoms with Gasteiger partial charge in [-0.2, -0.15) is 0 Å². The van der Waals surface area contributed by atoms with E-state index in [4.69, 9.17) is 9.47 Å². The lowest BCUT2D eigenvalue weighted by Crippen LogP contribution is -2.19. The average Bonchev–Trinajstić information content (AvgIpc) is 2.43. The van der Waals surface area contributed by atoms with Crippen LogP contribution < -0.4 is 5.32 Å². The number of rotatable bonds is 6. The van der Waals surface area contributed by atoms with E-state index in [2.05, 4.69) is 21.2 Å². The van der Waals surface area contributed by atoms with E-state index in [0.29, 0.717) is 0 Å². The van der Waals surface area contributed by atoms with E-state index in [1.54, 1.807) is 13.8 Å². The maximum atomic E-state index is 11.8. The number of aryl methyl sites for hydroxylation is 1. The van der Waals surface area contributed by atoms with Crippen LogP contribution in [0.15, 0.2) is 34.4 Å². The van der Waals surface area contributed by atoms with Crippen molar-refractivity contribution in [3.63, 3.8) is 0 Å². The van der Waals surface area contributed by atoms with Crippen LogP contribution in [0.1, 0.15) is 19.4 Å². The second-order valence-electron chi connectivity index (χ2n) is 4.11. The van der Waals surface area contributed by atoms with Crippen molar-refractivity contribution in [3.05, 3.63) is 40.0 Å². The van der Waals surface area contributed by atoms with E-state index in [-0.39, 0.29) is 18.8 Å². The summed E-state index contributed by atoms with van der Waals surface area (Å²) in [5, 5.41) is 2.91. The van der Waals surface area contributed by atoms with Gasteiger partial charge in [0.1, 0.15) is 0 Å². The van der Waals surface area contributed by atoms with Crippen molar-refractivity contribution in [3.8, 4) is 0 Å². The van der Waals surface area contributed by atoms with Gasteiger partial charge in [-0.15, -0.1) is 0 Å². The highest BCUT2D eigenvalue weighted by Gasteiger charge is 2.20. The number of hydrogen-bond donors (Lipinski definition) is 1. The van der Waals surface area contributed by atoms with Crippen LogP contribution in [0, 0.1) is 6.92 Å². The highest BCUT2D eigenvalue weighted by atomic mass is 79.9.